The fourth-order valence-corrected chi connectivity index (χ4v) is 3.34. The molecule has 9 nitrogen and oxygen atoms in total. The minimum atomic E-state index is -0.632. The summed E-state index contributed by atoms with van der Waals surface area (Å²) in [5.74, 6) is -1.64. The third kappa shape index (κ3) is 6.02. The van der Waals surface area contributed by atoms with E-state index in [0.29, 0.717) is 6.54 Å². The van der Waals surface area contributed by atoms with Crippen LogP contribution in [0.5, 0.6) is 0 Å². The number of benzene rings is 1. The molecule has 1 atom stereocenters. The smallest absolute Gasteiger partial charge is 0.337 e. The van der Waals surface area contributed by atoms with Crippen LogP contribution in [0.3, 0.4) is 0 Å². The van der Waals surface area contributed by atoms with Gasteiger partial charge in [-0.15, -0.1) is 0 Å². The molecular formula is C20H27N3O6. The molecular weight excluding hydrogens is 378 g/mol. The number of amides is 2. The largest absolute Gasteiger partial charge is 0.465 e. The van der Waals surface area contributed by atoms with Gasteiger partial charge >= 0.3 is 11.9 Å². The normalized spacial score (nSPS) is 16.6. The minimum Gasteiger partial charge on any atom is -0.465 e. The van der Waals surface area contributed by atoms with Crippen LogP contribution in [0.15, 0.2) is 18.2 Å². The highest BCUT2D eigenvalue weighted by Gasteiger charge is 2.27. The Morgan fingerprint density at radius 2 is 1.66 bits per heavy atom. The monoisotopic (exact) mass is 405 g/mol. The summed E-state index contributed by atoms with van der Waals surface area (Å²) >= 11 is 0. The van der Waals surface area contributed by atoms with Crippen LogP contribution >= 0.6 is 0 Å². The molecule has 158 valence electrons. The number of carbonyl (C=O) groups excluding carboxylic acids is 4. The standard InChI is InChI=1S/C20H27N3O6/c1-22(2)18(25)13-6-5-7-23(11-13)12-17(24)21-16-9-14(19(26)28-3)8-15(10-16)20(27)29-4/h8-10,13H,5-7,11-12H2,1-4H3,(H,21,24). The third-order valence-corrected chi connectivity index (χ3v) is 4.72. The number of rotatable bonds is 6. The van der Waals surface area contributed by atoms with Crippen molar-refractivity contribution in [3.63, 3.8) is 0 Å². The zero-order chi connectivity index (χ0) is 21.6. The molecule has 1 heterocycles. The third-order valence-electron chi connectivity index (χ3n) is 4.72. The van der Waals surface area contributed by atoms with Crippen molar-refractivity contribution in [3.05, 3.63) is 29.3 Å². The Balaban J connectivity index is 2.08. The van der Waals surface area contributed by atoms with E-state index < -0.39 is 11.9 Å². The van der Waals surface area contributed by atoms with Crippen molar-refractivity contribution in [3.8, 4) is 0 Å². The second-order valence-electron chi connectivity index (χ2n) is 7.14. The van der Waals surface area contributed by atoms with E-state index in [1.165, 1.54) is 32.4 Å². The van der Waals surface area contributed by atoms with Gasteiger partial charge in [0.25, 0.3) is 0 Å². The van der Waals surface area contributed by atoms with Crippen LogP contribution in [-0.4, -0.2) is 81.5 Å². The number of nitrogens with one attached hydrogen (secondary N) is 1. The van der Waals surface area contributed by atoms with Crippen molar-refractivity contribution < 1.29 is 28.7 Å². The molecule has 1 saturated heterocycles. The zero-order valence-corrected chi connectivity index (χ0v) is 17.2. The highest BCUT2D eigenvalue weighted by atomic mass is 16.5. The van der Waals surface area contributed by atoms with Gasteiger partial charge in [0.05, 0.1) is 37.8 Å². The lowest BCUT2D eigenvalue weighted by Gasteiger charge is -2.32. The number of hydrogen-bond acceptors (Lipinski definition) is 7. The first-order valence-electron chi connectivity index (χ1n) is 9.30. The Morgan fingerprint density at radius 3 is 2.17 bits per heavy atom. The van der Waals surface area contributed by atoms with Crippen molar-refractivity contribution in [1.82, 2.24) is 9.80 Å². The maximum atomic E-state index is 12.5. The molecule has 2 rings (SSSR count). The summed E-state index contributed by atoms with van der Waals surface area (Å²) in [5.41, 5.74) is 0.539. The first kappa shape index (κ1) is 22.4. The van der Waals surface area contributed by atoms with E-state index in [1.54, 1.807) is 19.0 Å². The number of nitrogens with zero attached hydrogens (tertiary/aromatic N) is 2. The zero-order valence-electron chi connectivity index (χ0n) is 17.2. The Morgan fingerprint density at radius 1 is 1.07 bits per heavy atom. The van der Waals surface area contributed by atoms with Gasteiger partial charge in [0.2, 0.25) is 11.8 Å². The molecule has 1 unspecified atom stereocenters. The Hall–Kier alpha value is -2.94. The average molecular weight is 405 g/mol. The lowest BCUT2D eigenvalue weighted by atomic mass is 9.97. The summed E-state index contributed by atoms with van der Waals surface area (Å²) in [4.78, 5) is 51.9. The summed E-state index contributed by atoms with van der Waals surface area (Å²) in [6.07, 6.45) is 1.64. The molecule has 1 aliphatic heterocycles. The van der Waals surface area contributed by atoms with Gasteiger partial charge in [-0.3, -0.25) is 14.5 Å². The van der Waals surface area contributed by atoms with Crippen LogP contribution in [0, 0.1) is 5.92 Å². The van der Waals surface area contributed by atoms with Crippen molar-refractivity contribution in [2.75, 3.05) is 53.3 Å². The molecule has 0 spiro atoms. The lowest BCUT2D eigenvalue weighted by Crippen LogP contribution is -2.45. The molecule has 0 aromatic heterocycles. The predicted molar refractivity (Wildman–Crippen MR) is 106 cm³/mol. The molecule has 1 aromatic carbocycles. The second-order valence-corrected chi connectivity index (χ2v) is 7.14. The van der Waals surface area contributed by atoms with E-state index >= 15 is 0 Å². The molecule has 1 N–H and O–H groups in total. The quantitative estimate of drug-likeness (QED) is 0.704. The summed E-state index contributed by atoms with van der Waals surface area (Å²) in [6, 6.07) is 4.21. The number of likely N-dealkylation sites (tertiary alicyclic amines) is 1. The fraction of sp³-hybridized carbons (Fsp3) is 0.500. The summed E-state index contributed by atoms with van der Waals surface area (Å²) in [6.45, 7) is 1.34. The molecule has 0 saturated carbocycles. The van der Waals surface area contributed by atoms with E-state index in [9.17, 15) is 19.2 Å². The van der Waals surface area contributed by atoms with E-state index in [1.807, 2.05) is 4.90 Å². The summed E-state index contributed by atoms with van der Waals surface area (Å²) < 4.78 is 9.38. The Kier molecular flexibility index (Phi) is 7.72. The van der Waals surface area contributed by atoms with Gasteiger partial charge in [0.1, 0.15) is 0 Å². The first-order chi connectivity index (χ1) is 13.7. The predicted octanol–water partition coefficient (Wildman–Crippen LogP) is 0.999. The minimum absolute atomic E-state index is 0.0589. The van der Waals surface area contributed by atoms with Crippen molar-refractivity contribution in [2.45, 2.75) is 12.8 Å². The fourth-order valence-electron chi connectivity index (χ4n) is 3.34. The van der Waals surface area contributed by atoms with Crippen molar-refractivity contribution in [1.29, 1.82) is 0 Å². The lowest BCUT2D eigenvalue weighted by molar-refractivity contribution is -0.135. The number of piperidine rings is 1. The molecule has 1 aromatic rings. The van der Waals surface area contributed by atoms with Crippen LogP contribution in [0.4, 0.5) is 5.69 Å². The maximum Gasteiger partial charge on any atom is 0.337 e. The Labute approximate surface area is 169 Å². The topological polar surface area (TPSA) is 105 Å². The van der Waals surface area contributed by atoms with Crippen molar-refractivity contribution in [2.24, 2.45) is 5.92 Å². The maximum absolute atomic E-state index is 12.5. The van der Waals surface area contributed by atoms with Gasteiger partial charge in [-0.2, -0.15) is 0 Å². The summed E-state index contributed by atoms with van der Waals surface area (Å²) in [7, 11) is 5.91. The number of ether oxygens (including phenoxy) is 2. The Bertz CT molecular complexity index is 758. The van der Waals surface area contributed by atoms with Gasteiger partial charge in [-0.1, -0.05) is 0 Å². The van der Waals surface area contributed by atoms with Gasteiger partial charge < -0.3 is 19.7 Å². The molecule has 0 aliphatic carbocycles. The molecule has 9 heteroatoms. The molecule has 29 heavy (non-hydrogen) atoms. The van der Waals surface area contributed by atoms with Crippen LogP contribution in [0.25, 0.3) is 0 Å². The number of methoxy groups -OCH3 is 2. The van der Waals surface area contributed by atoms with Gasteiger partial charge in [0.15, 0.2) is 0 Å². The average Bonchev–Trinajstić information content (AvgIpc) is 2.71. The summed E-state index contributed by atoms with van der Waals surface area (Å²) in [5, 5.41) is 2.70. The molecule has 0 bridgehead atoms. The highest BCUT2D eigenvalue weighted by Crippen LogP contribution is 2.19. The molecule has 1 fully saturated rings. The van der Waals surface area contributed by atoms with E-state index in [2.05, 4.69) is 5.32 Å². The number of esters is 2. The molecule has 2 amide bonds. The second kappa shape index (κ2) is 10.0. The van der Waals surface area contributed by atoms with Crippen LogP contribution in [0.2, 0.25) is 0 Å². The van der Waals surface area contributed by atoms with Crippen LogP contribution in [-0.2, 0) is 19.1 Å². The van der Waals surface area contributed by atoms with Gasteiger partial charge in [-0.05, 0) is 37.6 Å². The van der Waals surface area contributed by atoms with E-state index in [-0.39, 0.29) is 41.1 Å². The van der Waals surface area contributed by atoms with Gasteiger partial charge in [-0.25, -0.2) is 9.59 Å². The highest BCUT2D eigenvalue weighted by molar-refractivity contribution is 5.99. The first-order valence-corrected chi connectivity index (χ1v) is 9.30. The van der Waals surface area contributed by atoms with E-state index in [0.717, 1.165) is 19.4 Å². The SMILES string of the molecule is COC(=O)c1cc(NC(=O)CN2CCCC(C(=O)N(C)C)C2)cc(C(=O)OC)c1. The number of anilines is 1. The van der Waals surface area contributed by atoms with E-state index in [4.69, 9.17) is 9.47 Å². The van der Waals surface area contributed by atoms with Crippen molar-refractivity contribution >= 4 is 29.4 Å². The molecule has 0 radical (unpaired) electrons. The molecule has 1 aliphatic rings. The number of carbonyl (C=O) groups is 4. The van der Waals surface area contributed by atoms with Gasteiger partial charge in [0, 0.05) is 26.3 Å². The van der Waals surface area contributed by atoms with Crippen LogP contribution < -0.4 is 5.32 Å². The number of hydrogen-bond donors (Lipinski definition) is 1. The van der Waals surface area contributed by atoms with Crippen LogP contribution in [0.1, 0.15) is 33.6 Å².